The molecule has 8 heteroatoms. The van der Waals surface area contributed by atoms with Crippen LogP contribution in [-0.4, -0.2) is 24.6 Å². The van der Waals surface area contributed by atoms with Gasteiger partial charge in [0, 0.05) is 4.90 Å². The van der Waals surface area contributed by atoms with Crippen molar-refractivity contribution in [2.75, 3.05) is 11.0 Å². The predicted molar refractivity (Wildman–Crippen MR) is 116 cm³/mol. The van der Waals surface area contributed by atoms with Crippen LogP contribution in [0.2, 0.25) is 5.15 Å². The summed E-state index contributed by atoms with van der Waals surface area (Å²) in [4.78, 5) is 9.38. The molecule has 0 aliphatic heterocycles. The number of thioether (sulfide) groups is 1. The van der Waals surface area contributed by atoms with Crippen LogP contribution >= 0.6 is 23.4 Å². The second-order valence-electron chi connectivity index (χ2n) is 6.45. The number of benzene rings is 2. The molecule has 1 heterocycles. The second kappa shape index (κ2) is 8.51. The Balaban J connectivity index is 1.98. The highest BCUT2D eigenvalue weighted by Gasteiger charge is 2.20. The van der Waals surface area contributed by atoms with Gasteiger partial charge in [-0.05, 0) is 47.6 Å². The SMILES string of the molecule is CSc1ccc(-c2c(Cl)ncnc2NS(=O)(=O)c2ccc(C(C)C)cc2)cc1. The van der Waals surface area contributed by atoms with Gasteiger partial charge in [-0.3, -0.25) is 4.72 Å². The molecule has 1 aromatic heterocycles. The standard InChI is InChI=1S/C20H20ClN3O2S2/c1-13(2)14-6-10-17(11-7-14)28(25,26)24-20-18(19(21)22-12-23-20)15-4-8-16(27-3)9-5-15/h4-13H,1-3H3,(H,22,23,24). The number of hydrogen-bond donors (Lipinski definition) is 1. The maximum Gasteiger partial charge on any atom is 0.263 e. The Morgan fingerprint density at radius 3 is 2.21 bits per heavy atom. The third-order valence-corrected chi connectivity index (χ3v) is 6.65. The van der Waals surface area contributed by atoms with Gasteiger partial charge in [-0.2, -0.15) is 0 Å². The fourth-order valence-corrected chi connectivity index (χ4v) is 4.35. The molecule has 0 unspecified atom stereocenters. The van der Waals surface area contributed by atoms with E-state index in [0.29, 0.717) is 11.5 Å². The molecule has 1 N–H and O–H groups in total. The lowest BCUT2D eigenvalue weighted by Gasteiger charge is -2.13. The van der Waals surface area contributed by atoms with Gasteiger partial charge < -0.3 is 0 Å². The van der Waals surface area contributed by atoms with E-state index in [2.05, 4.69) is 28.5 Å². The van der Waals surface area contributed by atoms with Crippen LogP contribution in [0.5, 0.6) is 0 Å². The summed E-state index contributed by atoms with van der Waals surface area (Å²) in [5, 5.41) is 0.180. The molecular formula is C20H20ClN3O2S2. The van der Waals surface area contributed by atoms with Gasteiger partial charge >= 0.3 is 0 Å². The van der Waals surface area contributed by atoms with Crippen molar-refractivity contribution in [3.05, 3.63) is 65.6 Å². The summed E-state index contributed by atoms with van der Waals surface area (Å²) in [6, 6.07) is 14.4. The van der Waals surface area contributed by atoms with Gasteiger partial charge in [-0.15, -0.1) is 11.8 Å². The van der Waals surface area contributed by atoms with Crippen LogP contribution in [0.4, 0.5) is 5.82 Å². The van der Waals surface area contributed by atoms with Gasteiger partial charge in [0.05, 0.1) is 10.5 Å². The van der Waals surface area contributed by atoms with Crippen molar-refractivity contribution in [1.82, 2.24) is 9.97 Å². The Morgan fingerprint density at radius 2 is 1.64 bits per heavy atom. The Morgan fingerprint density at radius 1 is 1.00 bits per heavy atom. The molecule has 146 valence electrons. The van der Waals surface area contributed by atoms with E-state index < -0.39 is 10.0 Å². The molecule has 0 aliphatic rings. The normalized spacial score (nSPS) is 11.6. The molecule has 0 saturated heterocycles. The van der Waals surface area contributed by atoms with Crippen molar-refractivity contribution in [3.63, 3.8) is 0 Å². The number of halogens is 1. The molecule has 3 rings (SSSR count). The van der Waals surface area contributed by atoms with Gasteiger partial charge in [-0.1, -0.05) is 49.7 Å². The van der Waals surface area contributed by atoms with Crippen molar-refractivity contribution in [2.45, 2.75) is 29.6 Å². The topological polar surface area (TPSA) is 72.0 Å². The number of nitrogens with one attached hydrogen (secondary N) is 1. The molecule has 28 heavy (non-hydrogen) atoms. The van der Waals surface area contributed by atoms with Crippen LogP contribution < -0.4 is 4.72 Å². The van der Waals surface area contributed by atoms with Crippen LogP contribution in [0.15, 0.2) is 64.6 Å². The molecule has 0 atom stereocenters. The van der Waals surface area contributed by atoms with Gasteiger partial charge in [0.25, 0.3) is 10.0 Å². The first-order valence-corrected chi connectivity index (χ1v) is 11.7. The number of sulfonamides is 1. The van der Waals surface area contributed by atoms with E-state index in [1.54, 1.807) is 23.9 Å². The van der Waals surface area contributed by atoms with Crippen molar-refractivity contribution in [1.29, 1.82) is 0 Å². The van der Waals surface area contributed by atoms with Crippen molar-refractivity contribution in [3.8, 4) is 11.1 Å². The molecule has 0 amide bonds. The molecule has 0 radical (unpaired) electrons. The molecule has 5 nitrogen and oxygen atoms in total. The monoisotopic (exact) mass is 433 g/mol. The highest BCUT2D eigenvalue weighted by molar-refractivity contribution is 7.98. The summed E-state index contributed by atoms with van der Waals surface area (Å²) in [5.41, 5.74) is 2.24. The summed E-state index contributed by atoms with van der Waals surface area (Å²) in [7, 11) is -3.82. The van der Waals surface area contributed by atoms with Crippen molar-refractivity contribution < 1.29 is 8.42 Å². The highest BCUT2D eigenvalue weighted by Crippen LogP contribution is 2.34. The molecule has 2 aromatic carbocycles. The van der Waals surface area contributed by atoms with Crippen LogP contribution in [0.1, 0.15) is 25.3 Å². The zero-order chi connectivity index (χ0) is 20.3. The van der Waals surface area contributed by atoms with E-state index in [-0.39, 0.29) is 15.9 Å². The van der Waals surface area contributed by atoms with E-state index >= 15 is 0 Å². The molecule has 0 aliphatic carbocycles. The van der Waals surface area contributed by atoms with Crippen LogP contribution in [0.25, 0.3) is 11.1 Å². The molecule has 0 bridgehead atoms. The van der Waals surface area contributed by atoms with Gasteiger partial charge in [0.1, 0.15) is 11.5 Å². The third-order valence-electron chi connectivity index (χ3n) is 4.27. The number of hydrogen-bond acceptors (Lipinski definition) is 5. The fourth-order valence-electron chi connectivity index (χ4n) is 2.67. The Hall–Kier alpha value is -2.09. The Kier molecular flexibility index (Phi) is 6.27. The minimum Gasteiger partial charge on any atom is -0.263 e. The number of rotatable bonds is 6. The fraction of sp³-hybridized carbons (Fsp3) is 0.200. The van der Waals surface area contributed by atoms with E-state index in [1.165, 1.54) is 6.33 Å². The lowest BCUT2D eigenvalue weighted by atomic mass is 10.0. The molecule has 0 fully saturated rings. The number of anilines is 1. The van der Waals surface area contributed by atoms with Gasteiger partial charge in [0.2, 0.25) is 0 Å². The largest absolute Gasteiger partial charge is 0.263 e. The second-order valence-corrected chi connectivity index (χ2v) is 9.37. The lowest BCUT2D eigenvalue weighted by Crippen LogP contribution is -2.15. The van der Waals surface area contributed by atoms with E-state index in [1.807, 2.05) is 42.7 Å². The summed E-state index contributed by atoms with van der Waals surface area (Å²) in [5.74, 6) is 0.464. The first-order chi connectivity index (χ1) is 13.3. The maximum atomic E-state index is 12.9. The Bertz CT molecular complexity index is 1070. The van der Waals surface area contributed by atoms with Gasteiger partial charge in [-0.25, -0.2) is 18.4 Å². The Labute approximate surface area is 174 Å². The van der Waals surface area contributed by atoms with Crippen LogP contribution in [0.3, 0.4) is 0 Å². The molecule has 3 aromatic rings. The summed E-state index contributed by atoms with van der Waals surface area (Å²) < 4.78 is 28.3. The predicted octanol–water partition coefficient (Wildman–Crippen LogP) is 5.44. The average Bonchev–Trinajstić information content (AvgIpc) is 2.68. The summed E-state index contributed by atoms with van der Waals surface area (Å²) in [6.07, 6.45) is 3.22. The zero-order valence-electron chi connectivity index (χ0n) is 15.7. The first kappa shape index (κ1) is 20.6. The highest BCUT2D eigenvalue weighted by atomic mass is 35.5. The first-order valence-electron chi connectivity index (χ1n) is 8.59. The molecule has 0 spiro atoms. The molecular weight excluding hydrogens is 414 g/mol. The van der Waals surface area contributed by atoms with E-state index in [9.17, 15) is 8.42 Å². The van der Waals surface area contributed by atoms with E-state index in [0.717, 1.165) is 16.0 Å². The minimum atomic E-state index is -3.82. The van der Waals surface area contributed by atoms with Crippen molar-refractivity contribution in [2.24, 2.45) is 0 Å². The zero-order valence-corrected chi connectivity index (χ0v) is 18.1. The average molecular weight is 434 g/mol. The third kappa shape index (κ3) is 4.48. The lowest BCUT2D eigenvalue weighted by molar-refractivity contribution is 0.601. The smallest absolute Gasteiger partial charge is 0.263 e. The molecule has 0 saturated carbocycles. The van der Waals surface area contributed by atoms with Crippen molar-refractivity contribution >= 4 is 39.2 Å². The van der Waals surface area contributed by atoms with E-state index in [4.69, 9.17) is 11.6 Å². The van der Waals surface area contributed by atoms with Crippen LogP contribution in [0, 0.1) is 0 Å². The van der Waals surface area contributed by atoms with Gasteiger partial charge in [0.15, 0.2) is 5.82 Å². The van der Waals surface area contributed by atoms with Crippen LogP contribution in [-0.2, 0) is 10.0 Å². The summed E-state index contributed by atoms with van der Waals surface area (Å²) >= 11 is 7.89. The number of nitrogens with zero attached hydrogens (tertiary/aromatic N) is 2. The summed E-state index contributed by atoms with van der Waals surface area (Å²) in [6.45, 7) is 4.11. The number of aromatic nitrogens is 2. The maximum absolute atomic E-state index is 12.9. The quantitative estimate of drug-likeness (QED) is 0.413. The minimum absolute atomic E-state index is 0.143.